The van der Waals surface area contributed by atoms with Crippen LogP contribution in [0.3, 0.4) is 0 Å². The van der Waals surface area contributed by atoms with Crippen molar-refractivity contribution in [3.8, 4) is 0 Å². The van der Waals surface area contributed by atoms with Crippen molar-refractivity contribution in [2.75, 3.05) is 19.4 Å². The molecule has 0 aliphatic rings. The predicted octanol–water partition coefficient (Wildman–Crippen LogP) is 4.07. The minimum Gasteiger partial charge on any atom is -0.356 e. The van der Waals surface area contributed by atoms with Gasteiger partial charge in [0.15, 0.2) is 4.34 Å². The second kappa shape index (κ2) is 8.82. The summed E-state index contributed by atoms with van der Waals surface area (Å²) in [4.78, 5) is 14.2. The highest BCUT2D eigenvalue weighted by molar-refractivity contribution is 8.01. The molecule has 0 radical (unpaired) electrons. The second-order valence-electron chi connectivity index (χ2n) is 5.85. The van der Waals surface area contributed by atoms with Crippen LogP contribution in [0.2, 0.25) is 0 Å². The average Bonchev–Trinajstić information content (AvgIpc) is 3.13. The summed E-state index contributed by atoms with van der Waals surface area (Å²) in [6.07, 6.45) is 0. The van der Waals surface area contributed by atoms with Crippen LogP contribution in [0.15, 0.2) is 65.0 Å². The number of anilines is 1. The van der Waals surface area contributed by atoms with Gasteiger partial charge in [-0.2, -0.15) is 0 Å². The van der Waals surface area contributed by atoms with E-state index in [9.17, 15) is 4.79 Å². The topological polar surface area (TPSA) is 58.1 Å². The molecule has 26 heavy (non-hydrogen) atoms. The van der Waals surface area contributed by atoms with Crippen LogP contribution in [0.5, 0.6) is 0 Å². The molecule has 2 aromatic carbocycles. The summed E-state index contributed by atoms with van der Waals surface area (Å²) in [6, 6.07) is 19.9. The minimum absolute atomic E-state index is 0.0372. The molecule has 0 saturated carbocycles. The monoisotopic (exact) mass is 384 g/mol. The van der Waals surface area contributed by atoms with Gasteiger partial charge in [-0.1, -0.05) is 83.8 Å². The number of amides is 1. The summed E-state index contributed by atoms with van der Waals surface area (Å²) in [6.45, 7) is 0.693. The number of aromatic nitrogens is 2. The first-order chi connectivity index (χ1) is 12.6. The summed E-state index contributed by atoms with van der Waals surface area (Å²) in [5.41, 5.74) is 2.15. The summed E-state index contributed by atoms with van der Waals surface area (Å²) >= 11 is 2.90. The molecular formula is C19H20N4OS2. The van der Waals surface area contributed by atoms with Crippen molar-refractivity contribution in [3.63, 3.8) is 0 Å². The molecule has 7 heteroatoms. The first kappa shape index (κ1) is 18.4. The van der Waals surface area contributed by atoms with Crippen LogP contribution in [0.4, 0.5) is 5.13 Å². The van der Waals surface area contributed by atoms with E-state index in [1.165, 1.54) is 28.7 Å². The summed E-state index contributed by atoms with van der Waals surface area (Å²) < 4.78 is 0.768. The molecule has 0 fully saturated rings. The fourth-order valence-electron chi connectivity index (χ4n) is 2.33. The Hall–Kier alpha value is -2.38. The predicted molar refractivity (Wildman–Crippen MR) is 107 cm³/mol. The van der Waals surface area contributed by atoms with Gasteiger partial charge in [-0.05, 0) is 11.1 Å². The highest BCUT2D eigenvalue weighted by Crippen LogP contribution is 2.38. The van der Waals surface area contributed by atoms with Gasteiger partial charge in [-0.15, -0.1) is 10.2 Å². The Kier molecular flexibility index (Phi) is 6.25. The molecule has 1 atom stereocenters. The fraction of sp³-hybridized carbons (Fsp3) is 0.211. The Morgan fingerprint density at radius 3 is 2.38 bits per heavy atom. The summed E-state index contributed by atoms with van der Waals surface area (Å²) in [5, 5.41) is 12.1. The molecule has 0 spiro atoms. The van der Waals surface area contributed by atoms with Crippen molar-refractivity contribution in [1.82, 2.24) is 15.1 Å². The zero-order valence-electron chi connectivity index (χ0n) is 14.6. The van der Waals surface area contributed by atoms with E-state index in [1.54, 1.807) is 19.0 Å². The van der Waals surface area contributed by atoms with Gasteiger partial charge in [-0.3, -0.25) is 4.79 Å². The SMILES string of the molecule is CN(C)C(=O)[C@@H](Sc1nnc(NCc2ccccc2)s1)c1ccccc1. The van der Waals surface area contributed by atoms with Crippen molar-refractivity contribution < 1.29 is 4.79 Å². The van der Waals surface area contributed by atoms with E-state index in [4.69, 9.17) is 0 Å². The molecule has 0 saturated heterocycles. The number of likely N-dealkylation sites (N-methyl/N-ethyl adjacent to an activating group) is 1. The normalized spacial score (nSPS) is 11.8. The van der Waals surface area contributed by atoms with E-state index < -0.39 is 0 Å². The summed E-state index contributed by atoms with van der Waals surface area (Å²) in [7, 11) is 3.54. The first-order valence-electron chi connectivity index (χ1n) is 8.17. The Labute approximate surface area is 161 Å². The van der Waals surface area contributed by atoms with Crippen molar-refractivity contribution in [3.05, 3.63) is 71.8 Å². The largest absolute Gasteiger partial charge is 0.356 e. The number of carbonyl (C=O) groups excluding carboxylic acids is 1. The molecule has 0 bridgehead atoms. The molecule has 1 amide bonds. The third-order valence-corrected chi connectivity index (χ3v) is 5.89. The lowest BCUT2D eigenvalue weighted by molar-refractivity contribution is -0.128. The Bertz CT molecular complexity index is 837. The van der Waals surface area contributed by atoms with E-state index in [1.807, 2.05) is 48.5 Å². The number of thioether (sulfide) groups is 1. The third-order valence-electron chi connectivity index (χ3n) is 3.68. The van der Waals surface area contributed by atoms with Crippen LogP contribution in [-0.2, 0) is 11.3 Å². The van der Waals surface area contributed by atoms with Gasteiger partial charge in [0.05, 0.1) is 0 Å². The van der Waals surface area contributed by atoms with Gasteiger partial charge in [0, 0.05) is 20.6 Å². The van der Waals surface area contributed by atoms with Crippen LogP contribution in [-0.4, -0.2) is 35.1 Å². The van der Waals surface area contributed by atoms with Crippen LogP contribution in [0, 0.1) is 0 Å². The van der Waals surface area contributed by atoms with Gasteiger partial charge in [0.25, 0.3) is 0 Å². The minimum atomic E-state index is -0.332. The molecular weight excluding hydrogens is 364 g/mol. The van der Waals surface area contributed by atoms with Crippen LogP contribution in [0.1, 0.15) is 16.4 Å². The molecule has 1 aromatic heterocycles. The van der Waals surface area contributed by atoms with Crippen molar-refractivity contribution in [2.24, 2.45) is 0 Å². The average molecular weight is 385 g/mol. The first-order valence-corrected chi connectivity index (χ1v) is 9.87. The van der Waals surface area contributed by atoms with Crippen molar-refractivity contribution >= 4 is 34.1 Å². The maximum Gasteiger partial charge on any atom is 0.240 e. The quantitative estimate of drug-likeness (QED) is 0.622. The molecule has 0 aliphatic heterocycles. The lowest BCUT2D eigenvalue weighted by Gasteiger charge is -2.19. The Morgan fingerprint density at radius 1 is 1.08 bits per heavy atom. The van der Waals surface area contributed by atoms with Gasteiger partial charge >= 0.3 is 0 Å². The third kappa shape index (κ3) is 4.83. The number of rotatable bonds is 7. The molecule has 1 N–H and O–H groups in total. The number of nitrogens with one attached hydrogen (secondary N) is 1. The molecule has 3 aromatic rings. The van der Waals surface area contributed by atoms with Crippen LogP contribution >= 0.6 is 23.1 Å². The van der Waals surface area contributed by atoms with E-state index in [-0.39, 0.29) is 11.2 Å². The van der Waals surface area contributed by atoms with E-state index in [0.29, 0.717) is 6.54 Å². The molecule has 0 aliphatic carbocycles. The molecule has 1 heterocycles. The number of hydrogen-bond donors (Lipinski definition) is 1. The van der Waals surface area contributed by atoms with Crippen molar-refractivity contribution in [1.29, 1.82) is 0 Å². The van der Waals surface area contributed by atoms with E-state index >= 15 is 0 Å². The number of nitrogens with zero attached hydrogens (tertiary/aromatic N) is 3. The molecule has 3 rings (SSSR count). The summed E-state index contributed by atoms with van der Waals surface area (Å²) in [5.74, 6) is 0.0372. The van der Waals surface area contributed by atoms with Gasteiger partial charge < -0.3 is 10.2 Å². The lowest BCUT2D eigenvalue weighted by atomic mass is 10.1. The van der Waals surface area contributed by atoms with Crippen LogP contribution in [0.25, 0.3) is 0 Å². The zero-order chi connectivity index (χ0) is 18.4. The second-order valence-corrected chi connectivity index (χ2v) is 8.18. The zero-order valence-corrected chi connectivity index (χ0v) is 16.3. The number of benzene rings is 2. The van der Waals surface area contributed by atoms with Gasteiger partial charge in [0.1, 0.15) is 5.25 Å². The van der Waals surface area contributed by atoms with E-state index in [0.717, 1.165) is 15.0 Å². The maximum absolute atomic E-state index is 12.6. The lowest BCUT2D eigenvalue weighted by Crippen LogP contribution is -2.26. The fourth-order valence-corrected chi connectivity index (χ4v) is 4.41. The standard InChI is InChI=1S/C19H20N4OS2/c1-23(2)17(24)16(15-11-7-4-8-12-15)25-19-22-21-18(26-19)20-13-14-9-5-3-6-10-14/h3-12,16H,13H2,1-2H3,(H,20,21)/t16-/m0/s1. The number of carbonyl (C=O) groups is 1. The van der Waals surface area contributed by atoms with Gasteiger partial charge in [-0.25, -0.2) is 0 Å². The highest BCUT2D eigenvalue weighted by Gasteiger charge is 2.25. The maximum atomic E-state index is 12.6. The highest BCUT2D eigenvalue weighted by atomic mass is 32.2. The molecule has 5 nitrogen and oxygen atoms in total. The molecule has 0 unspecified atom stereocenters. The Morgan fingerprint density at radius 2 is 1.73 bits per heavy atom. The van der Waals surface area contributed by atoms with E-state index in [2.05, 4.69) is 27.6 Å². The van der Waals surface area contributed by atoms with Gasteiger partial charge in [0.2, 0.25) is 11.0 Å². The van der Waals surface area contributed by atoms with Crippen molar-refractivity contribution in [2.45, 2.75) is 16.1 Å². The smallest absolute Gasteiger partial charge is 0.240 e. The molecule has 134 valence electrons. The Balaban J connectivity index is 1.69. The van der Waals surface area contributed by atoms with Crippen LogP contribution < -0.4 is 5.32 Å². The number of hydrogen-bond acceptors (Lipinski definition) is 6.